The predicted molar refractivity (Wildman–Crippen MR) is 74.0 cm³/mol. The lowest BCUT2D eigenvalue weighted by Crippen LogP contribution is -2.30. The van der Waals surface area contributed by atoms with Gasteiger partial charge in [-0.1, -0.05) is 6.42 Å². The zero-order chi connectivity index (χ0) is 14.4. The zero-order valence-electron chi connectivity index (χ0n) is 11.9. The summed E-state index contributed by atoms with van der Waals surface area (Å²) in [5.41, 5.74) is 1.88. The normalized spacial score (nSPS) is 25.0. The van der Waals surface area contributed by atoms with Crippen molar-refractivity contribution in [1.29, 1.82) is 0 Å². The molecule has 108 valence electrons. The van der Waals surface area contributed by atoms with E-state index >= 15 is 0 Å². The molecule has 1 aromatic rings. The Morgan fingerprint density at radius 1 is 1.20 bits per heavy atom. The molecule has 2 N–H and O–H groups in total. The third-order valence-electron chi connectivity index (χ3n) is 4.88. The lowest BCUT2D eigenvalue weighted by molar-refractivity contribution is 0.0690. The summed E-state index contributed by atoms with van der Waals surface area (Å²) in [6.45, 7) is 5.13. The van der Waals surface area contributed by atoms with Crippen molar-refractivity contribution in [3.63, 3.8) is 0 Å². The van der Waals surface area contributed by atoms with Crippen LogP contribution in [0.3, 0.4) is 0 Å². The van der Waals surface area contributed by atoms with Gasteiger partial charge in [0.05, 0.1) is 5.56 Å². The van der Waals surface area contributed by atoms with E-state index in [2.05, 4.69) is 4.98 Å². The van der Waals surface area contributed by atoms with Gasteiger partial charge in [-0.25, -0.2) is 4.79 Å². The number of carbonyl (C=O) groups excluding carboxylic acids is 1. The number of aromatic carboxylic acids is 1. The highest BCUT2D eigenvalue weighted by atomic mass is 16.4. The minimum Gasteiger partial charge on any atom is -0.477 e. The van der Waals surface area contributed by atoms with Gasteiger partial charge in [-0.3, -0.25) is 4.79 Å². The molecule has 2 unspecified atom stereocenters. The molecule has 2 heterocycles. The number of carbonyl (C=O) groups is 2. The second-order valence-electron chi connectivity index (χ2n) is 6.09. The Balaban J connectivity index is 1.86. The quantitative estimate of drug-likeness (QED) is 0.869. The summed E-state index contributed by atoms with van der Waals surface area (Å²) in [7, 11) is 0. The maximum Gasteiger partial charge on any atom is 0.352 e. The van der Waals surface area contributed by atoms with Crippen molar-refractivity contribution < 1.29 is 14.7 Å². The van der Waals surface area contributed by atoms with Crippen molar-refractivity contribution in [2.45, 2.75) is 33.1 Å². The van der Waals surface area contributed by atoms with E-state index in [1.165, 1.54) is 19.3 Å². The van der Waals surface area contributed by atoms with E-state index in [-0.39, 0.29) is 11.6 Å². The summed E-state index contributed by atoms with van der Waals surface area (Å²) >= 11 is 0. The first-order chi connectivity index (χ1) is 9.49. The van der Waals surface area contributed by atoms with Gasteiger partial charge in [0, 0.05) is 18.8 Å². The fourth-order valence-corrected chi connectivity index (χ4v) is 3.84. The Kier molecular flexibility index (Phi) is 3.07. The minimum atomic E-state index is -1.01. The van der Waals surface area contributed by atoms with Crippen molar-refractivity contribution in [1.82, 2.24) is 9.88 Å². The van der Waals surface area contributed by atoms with Gasteiger partial charge in [-0.15, -0.1) is 0 Å². The molecule has 1 amide bonds. The average molecular weight is 276 g/mol. The third-order valence-corrected chi connectivity index (χ3v) is 4.88. The van der Waals surface area contributed by atoms with E-state index in [0.29, 0.717) is 28.7 Å². The molecule has 3 rings (SSSR count). The first kappa shape index (κ1) is 13.2. The van der Waals surface area contributed by atoms with Crippen LogP contribution in [0, 0.1) is 25.7 Å². The lowest BCUT2D eigenvalue weighted by atomic mass is 10.0. The zero-order valence-corrected chi connectivity index (χ0v) is 11.9. The fourth-order valence-electron chi connectivity index (χ4n) is 3.84. The summed E-state index contributed by atoms with van der Waals surface area (Å²) in [5.74, 6) is 0.274. The molecule has 0 spiro atoms. The maximum absolute atomic E-state index is 12.7. The van der Waals surface area contributed by atoms with Crippen molar-refractivity contribution >= 4 is 11.9 Å². The van der Waals surface area contributed by atoms with E-state index in [1.54, 1.807) is 13.8 Å². The number of H-pyrrole nitrogens is 1. The number of nitrogens with zero attached hydrogens (tertiary/aromatic N) is 1. The van der Waals surface area contributed by atoms with Crippen molar-refractivity contribution in [2.75, 3.05) is 13.1 Å². The van der Waals surface area contributed by atoms with Crippen LogP contribution in [0.25, 0.3) is 0 Å². The number of carboxylic acid groups (broad SMARTS) is 1. The Morgan fingerprint density at radius 3 is 2.30 bits per heavy atom. The monoisotopic (exact) mass is 276 g/mol. The minimum absolute atomic E-state index is 0.0156. The molecule has 0 radical (unpaired) electrons. The Labute approximate surface area is 118 Å². The van der Waals surface area contributed by atoms with Gasteiger partial charge < -0.3 is 15.0 Å². The van der Waals surface area contributed by atoms with Crippen LogP contribution < -0.4 is 0 Å². The Morgan fingerprint density at radius 2 is 1.80 bits per heavy atom. The maximum atomic E-state index is 12.7. The highest BCUT2D eigenvalue weighted by molar-refractivity contribution is 6.01. The summed E-state index contributed by atoms with van der Waals surface area (Å²) in [6, 6.07) is 0. The molecule has 1 aromatic heterocycles. The summed E-state index contributed by atoms with van der Waals surface area (Å²) in [6.07, 6.45) is 3.72. The van der Waals surface area contributed by atoms with Crippen molar-refractivity contribution in [3.8, 4) is 0 Å². The van der Waals surface area contributed by atoms with Gasteiger partial charge >= 0.3 is 5.97 Å². The number of hydrogen-bond acceptors (Lipinski definition) is 2. The van der Waals surface area contributed by atoms with E-state index < -0.39 is 5.97 Å². The number of aryl methyl sites for hydroxylation is 1. The van der Waals surface area contributed by atoms with Gasteiger partial charge in [0.25, 0.3) is 5.91 Å². The highest BCUT2D eigenvalue weighted by Crippen LogP contribution is 2.38. The number of amides is 1. The van der Waals surface area contributed by atoms with Gasteiger partial charge in [-0.2, -0.15) is 0 Å². The largest absolute Gasteiger partial charge is 0.477 e. The van der Waals surface area contributed by atoms with E-state index in [1.807, 2.05) is 4.90 Å². The molecule has 1 saturated carbocycles. The van der Waals surface area contributed by atoms with Crippen LogP contribution >= 0.6 is 0 Å². The second kappa shape index (κ2) is 4.65. The van der Waals surface area contributed by atoms with Crippen molar-refractivity contribution in [2.24, 2.45) is 11.8 Å². The smallest absolute Gasteiger partial charge is 0.352 e. The van der Waals surface area contributed by atoms with Gasteiger partial charge in [0.2, 0.25) is 0 Å². The van der Waals surface area contributed by atoms with E-state index in [4.69, 9.17) is 5.11 Å². The van der Waals surface area contributed by atoms with Crippen LogP contribution in [0.5, 0.6) is 0 Å². The fraction of sp³-hybridized carbons (Fsp3) is 0.600. The van der Waals surface area contributed by atoms with Gasteiger partial charge in [-0.05, 0) is 44.1 Å². The number of likely N-dealkylation sites (tertiary alicyclic amines) is 1. The molecule has 0 aromatic carbocycles. The molecule has 2 aliphatic rings. The lowest BCUT2D eigenvalue weighted by Gasteiger charge is -2.17. The number of fused-ring (bicyclic) bond motifs is 1. The van der Waals surface area contributed by atoms with E-state index in [9.17, 15) is 9.59 Å². The van der Waals surface area contributed by atoms with Gasteiger partial charge in [0.15, 0.2) is 0 Å². The molecule has 1 aliphatic heterocycles. The number of rotatable bonds is 2. The standard InChI is InChI=1S/C15H20N2O3/c1-8-12(9(2)16-13(8)15(19)20)14(18)17-6-10-4-3-5-11(10)7-17/h10-11,16H,3-7H2,1-2H3,(H,19,20). The molecular weight excluding hydrogens is 256 g/mol. The number of aromatic nitrogens is 1. The molecule has 2 atom stereocenters. The Hall–Kier alpha value is -1.78. The molecule has 1 saturated heterocycles. The second-order valence-corrected chi connectivity index (χ2v) is 6.09. The highest BCUT2D eigenvalue weighted by Gasteiger charge is 2.39. The molecule has 20 heavy (non-hydrogen) atoms. The molecule has 5 nitrogen and oxygen atoms in total. The summed E-state index contributed by atoms with van der Waals surface area (Å²) in [5, 5.41) is 9.13. The van der Waals surface area contributed by atoms with Crippen LogP contribution in [0.4, 0.5) is 0 Å². The first-order valence-electron chi connectivity index (χ1n) is 7.20. The predicted octanol–water partition coefficient (Wildman–Crippen LogP) is 2.20. The van der Waals surface area contributed by atoms with Crippen LogP contribution in [-0.2, 0) is 0 Å². The van der Waals surface area contributed by atoms with Crippen LogP contribution in [-0.4, -0.2) is 40.0 Å². The molecule has 5 heteroatoms. The van der Waals surface area contributed by atoms with Crippen LogP contribution in [0.15, 0.2) is 0 Å². The SMILES string of the molecule is Cc1[nH]c(C(=O)O)c(C)c1C(=O)N1CC2CCCC2C1. The van der Waals surface area contributed by atoms with Gasteiger partial charge in [0.1, 0.15) is 5.69 Å². The molecule has 1 aliphatic carbocycles. The summed E-state index contributed by atoms with van der Waals surface area (Å²) < 4.78 is 0. The third kappa shape index (κ3) is 1.92. The number of nitrogens with one attached hydrogen (secondary N) is 1. The van der Waals surface area contributed by atoms with E-state index in [0.717, 1.165) is 13.1 Å². The summed E-state index contributed by atoms with van der Waals surface area (Å²) in [4.78, 5) is 28.5. The topological polar surface area (TPSA) is 73.4 Å². The molecule has 0 bridgehead atoms. The van der Waals surface area contributed by atoms with Crippen molar-refractivity contribution in [3.05, 3.63) is 22.5 Å². The Bertz CT molecular complexity index is 564. The average Bonchev–Trinajstić information content (AvgIpc) is 3.01. The molecule has 2 fully saturated rings. The number of hydrogen-bond donors (Lipinski definition) is 2. The molecular formula is C15H20N2O3. The number of carboxylic acids is 1. The first-order valence-corrected chi connectivity index (χ1v) is 7.20. The van der Waals surface area contributed by atoms with Crippen LogP contribution in [0.2, 0.25) is 0 Å². The van der Waals surface area contributed by atoms with Crippen LogP contribution in [0.1, 0.15) is 51.4 Å². The number of aromatic amines is 1.